The van der Waals surface area contributed by atoms with Gasteiger partial charge < -0.3 is 9.72 Å². The highest BCUT2D eigenvalue weighted by molar-refractivity contribution is 7.13. The molecule has 0 spiro atoms. The molecule has 3 aromatic rings. The van der Waals surface area contributed by atoms with Crippen molar-refractivity contribution < 1.29 is 4.74 Å². The van der Waals surface area contributed by atoms with E-state index in [0.717, 1.165) is 17.0 Å². The van der Waals surface area contributed by atoms with E-state index in [1.165, 1.54) is 4.88 Å². The van der Waals surface area contributed by atoms with Gasteiger partial charge in [0.05, 0.1) is 18.2 Å². The van der Waals surface area contributed by atoms with Crippen LogP contribution in [-0.4, -0.2) is 9.97 Å². The van der Waals surface area contributed by atoms with E-state index in [1.807, 2.05) is 24.3 Å². The van der Waals surface area contributed by atoms with Gasteiger partial charge in [0.15, 0.2) is 0 Å². The summed E-state index contributed by atoms with van der Waals surface area (Å²) < 4.78 is 5.84. The average Bonchev–Trinajstić information content (AvgIpc) is 3.10. The number of hydrogen-bond acceptors (Lipinski definition) is 3. The summed E-state index contributed by atoms with van der Waals surface area (Å²) in [6.45, 7) is 0.502. The number of thiophene rings is 1. The minimum absolute atomic E-state index is 0.502. The molecule has 0 amide bonds. The number of imidazole rings is 1. The minimum Gasteiger partial charge on any atom is -0.487 e. The van der Waals surface area contributed by atoms with E-state index in [4.69, 9.17) is 4.74 Å². The lowest BCUT2D eigenvalue weighted by Crippen LogP contribution is -1.96. The van der Waals surface area contributed by atoms with Crippen LogP contribution in [0.2, 0.25) is 0 Å². The fraction of sp³-hybridized carbons (Fsp3) is 0.0714. The molecule has 0 radical (unpaired) electrons. The zero-order chi connectivity index (χ0) is 12.2. The highest BCUT2D eigenvalue weighted by Gasteiger charge is 2.06. The van der Waals surface area contributed by atoms with Crippen molar-refractivity contribution in [2.75, 3.05) is 0 Å². The Morgan fingerprint density at radius 3 is 2.89 bits per heavy atom. The van der Waals surface area contributed by atoms with Crippen molar-refractivity contribution in [1.82, 2.24) is 9.97 Å². The number of aromatic amines is 1. The normalized spacial score (nSPS) is 10.4. The monoisotopic (exact) mass is 256 g/mol. The Kier molecular flexibility index (Phi) is 3.10. The van der Waals surface area contributed by atoms with Gasteiger partial charge in [0.1, 0.15) is 12.4 Å². The number of hydrogen-bond donors (Lipinski definition) is 1. The lowest BCUT2D eigenvalue weighted by atomic mass is 10.1. The number of ether oxygens (including phenoxy) is 1. The van der Waals surface area contributed by atoms with Crippen LogP contribution >= 0.6 is 11.3 Å². The summed E-state index contributed by atoms with van der Waals surface area (Å²) in [6, 6.07) is 12.2. The molecular formula is C14H12N2OS. The summed E-state index contributed by atoms with van der Waals surface area (Å²) in [6.07, 6.45) is 3.43. The van der Waals surface area contributed by atoms with E-state index >= 15 is 0 Å². The number of rotatable bonds is 4. The van der Waals surface area contributed by atoms with Crippen LogP contribution < -0.4 is 4.74 Å². The second-order valence-corrected chi connectivity index (χ2v) is 4.79. The Bertz CT molecular complexity index is 603. The van der Waals surface area contributed by atoms with Crippen LogP contribution in [0.4, 0.5) is 0 Å². The van der Waals surface area contributed by atoms with E-state index in [0.29, 0.717) is 6.61 Å². The highest BCUT2D eigenvalue weighted by Crippen LogP contribution is 2.33. The van der Waals surface area contributed by atoms with Gasteiger partial charge in [-0.05, 0) is 23.6 Å². The van der Waals surface area contributed by atoms with Gasteiger partial charge in [-0.15, -0.1) is 11.3 Å². The number of nitrogens with one attached hydrogen (secondary N) is 1. The summed E-state index contributed by atoms with van der Waals surface area (Å²) in [5.74, 6) is 0.898. The molecule has 4 heteroatoms. The zero-order valence-corrected chi connectivity index (χ0v) is 10.5. The van der Waals surface area contributed by atoms with Crippen molar-refractivity contribution in [3.8, 4) is 16.2 Å². The molecule has 0 aliphatic heterocycles. The molecule has 0 aliphatic carbocycles. The molecule has 0 atom stereocenters. The summed E-state index contributed by atoms with van der Waals surface area (Å²) in [4.78, 5) is 8.22. The van der Waals surface area contributed by atoms with Crippen LogP contribution in [0.25, 0.3) is 10.4 Å². The van der Waals surface area contributed by atoms with Gasteiger partial charge in [0.2, 0.25) is 0 Å². The minimum atomic E-state index is 0.502. The molecule has 1 aromatic carbocycles. The summed E-state index contributed by atoms with van der Waals surface area (Å²) >= 11 is 1.71. The van der Waals surface area contributed by atoms with Crippen molar-refractivity contribution in [1.29, 1.82) is 0 Å². The number of aromatic nitrogens is 2. The van der Waals surface area contributed by atoms with E-state index in [9.17, 15) is 0 Å². The third-order valence-corrected chi connectivity index (χ3v) is 3.51. The number of H-pyrrole nitrogens is 1. The third kappa shape index (κ3) is 2.28. The van der Waals surface area contributed by atoms with E-state index < -0.39 is 0 Å². The predicted octanol–water partition coefficient (Wildman–Crippen LogP) is 3.72. The zero-order valence-electron chi connectivity index (χ0n) is 9.67. The van der Waals surface area contributed by atoms with Crippen molar-refractivity contribution in [2.45, 2.75) is 6.61 Å². The molecular weight excluding hydrogens is 244 g/mol. The lowest BCUT2D eigenvalue weighted by molar-refractivity contribution is 0.303. The fourth-order valence-corrected chi connectivity index (χ4v) is 2.50. The Morgan fingerprint density at radius 2 is 2.11 bits per heavy atom. The lowest BCUT2D eigenvalue weighted by Gasteiger charge is -2.09. The van der Waals surface area contributed by atoms with Crippen molar-refractivity contribution in [3.63, 3.8) is 0 Å². The maximum atomic E-state index is 5.84. The Labute approximate surface area is 109 Å². The quantitative estimate of drug-likeness (QED) is 0.772. The molecule has 3 rings (SSSR count). The molecule has 0 aliphatic rings. The Hall–Kier alpha value is -2.07. The van der Waals surface area contributed by atoms with Crippen molar-refractivity contribution in [2.24, 2.45) is 0 Å². The molecule has 0 saturated heterocycles. The molecule has 18 heavy (non-hydrogen) atoms. The molecule has 0 fully saturated rings. The fourth-order valence-electron chi connectivity index (χ4n) is 1.75. The summed E-state index contributed by atoms with van der Waals surface area (Å²) in [7, 11) is 0. The van der Waals surface area contributed by atoms with Crippen molar-refractivity contribution >= 4 is 11.3 Å². The topological polar surface area (TPSA) is 37.9 Å². The van der Waals surface area contributed by atoms with E-state index in [2.05, 4.69) is 27.5 Å². The number of benzene rings is 1. The van der Waals surface area contributed by atoms with Crippen LogP contribution in [0.15, 0.2) is 54.3 Å². The number of nitrogens with zero attached hydrogens (tertiary/aromatic N) is 1. The first-order chi connectivity index (χ1) is 8.93. The smallest absolute Gasteiger partial charge is 0.130 e. The maximum Gasteiger partial charge on any atom is 0.130 e. The molecule has 3 nitrogen and oxygen atoms in total. The SMILES string of the molecule is c1csc(-c2ccccc2OCc2cnc[nH]2)c1. The number of para-hydroxylation sites is 1. The van der Waals surface area contributed by atoms with E-state index in [-0.39, 0.29) is 0 Å². The van der Waals surface area contributed by atoms with Gasteiger partial charge in [-0.1, -0.05) is 18.2 Å². The first-order valence-corrected chi connectivity index (χ1v) is 6.54. The molecule has 0 saturated carbocycles. The maximum absolute atomic E-state index is 5.84. The molecule has 0 bridgehead atoms. The van der Waals surface area contributed by atoms with Gasteiger partial charge in [0.25, 0.3) is 0 Å². The summed E-state index contributed by atoms with van der Waals surface area (Å²) in [5.41, 5.74) is 2.10. The summed E-state index contributed by atoms with van der Waals surface area (Å²) in [5, 5.41) is 2.07. The van der Waals surface area contributed by atoms with Crippen LogP contribution in [-0.2, 0) is 6.61 Å². The first-order valence-electron chi connectivity index (χ1n) is 5.66. The molecule has 1 N–H and O–H groups in total. The molecule has 90 valence electrons. The third-order valence-electron chi connectivity index (χ3n) is 2.61. The first kappa shape index (κ1) is 11.0. The van der Waals surface area contributed by atoms with Gasteiger partial charge in [0, 0.05) is 10.4 Å². The Balaban J connectivity index is 1.84. The Morgan fingerprint density at radius 1 is 1.17 bits per heavy atom. The molecule has 0 unspecified atom stereocenters. The second kappa shape index (κ2) is 5.06. The largest absolute Gasteiger partial charge is 0.487 e. The predicted molar refractivity (Wildman–Crippen MR) is 72.7 cm³/mol. The standard InChI is InChI=1S/C14H12N2OS/c1-2-5-13(17-9-11-8-15-10-16-11)12(4-1)14-6-3-7-18-14/h1-8,10H,9H2,(H,15,16). The highest BCUT2D eigenvalue weighted by atomic mass is 32.1. The van der Waals surface area contributed by atoms with Crippen LogP contribution in [0.1, 0.15) is 5.69 Å². The second-order valence-electron chi connectivity index (χ2n) is 3.84. The van der Waals surface area contributed by atoms with Crippen LogP contribution in [0, 0.1) is 0 Å². The van der Waals surface area contributed by atoms with E-state index in [1.54, 1.807) is 23.9 Å². The van der Waals surface area contributed by atoms with Crippen LogP contribution in [0.5, 0.6) is 5.75 Å². The molecule has 2 heterocycles. The van der Waals surface area contributed by atoms with Gasteiger partial charge in [-0.3, -0.25) is 0 Å². The average molecular weight is 256 g/mol. The van der Waals surface area contributed by atoms with Gasteiger partial charge >= 0.3 is 0 Å². The van der Waals surface area contributed by atoms with Crippen LogP contribution in [0.3, 0.4) is 0 Å². The van der Waals surface area contributed by atoms with Gasteiger partial charge in [-0.25, -0.2) is 4.98 Å². The van der Waals surface area contributed by atoms with Crippen molar-refractivity contribution in [3.05, 3.63) is 60.0 Å². The van der Waals surface area contributed by atoms with Gasteiger partial charge in [-0.2, -0.15) is 0 Å². The molecule has 2 aromatic heterocycles.